The normalized spacial score (nSPS) is 12.3. The summed E-state index contributed by atoms with van der Waals surface area (Å²) in [7, 11) is 0. The number of carboxylic acids is 1. The molecule has 0 fully saturated rings. The fourth-order valence-electron chi connectivity index (χ4n) is 1.85. The smallest absolute Gasteiger partial charge is 0.408 e. The lowest BCUT2D eigenvalue weighted by Crippen LogP contribution is -2.44. The number of nitrogens with one attached hydrogen (secondary N) is 1. The van der Waals surface area contributed by atoms with Gasteiger partial charge in [-0.1, -0.05) is 28.1 Å². The molecule has 0 saturated carbocycles. The van der Waals surface area contributed by atoms with E-state index in [9.17, 15) is 14.7 Å². The number of alkyl halides is 1. The molecule has 0 spiro atoms. The molecule has 0 bridgehead atoms. The Balaban J connectivity index is 2.62. The lowest BCUT2D eigenvalue weighted by molar-refractivity contribution is -0.139. The quantitative estimate of drug-likeness (QED) is 0.515. The van der Waals surface area contributed by atoms with Crippen molar-refractivity contribution in [2.75, 3.05) is 11.9 Å². The number of hydrogen-bond donors (Lipinski definition) is 2. The Morgan fingerprint density at radius 2 is 1.88 bits per heavy atom. The molecule has 0 saturated heterocycles. The molecule has 134 valence electrons. The number of halogens is 1. The van der Waals surface area contributed by atoms with Crippen LogP contribution < -0.4 is 10.1 Å². The number of hydrogen-bond acceptors (Lipinski definition) is 4. The van der Waals surface area contributed by atoms with E-state index in [1.165, 1.54) is 0 Å². The summed E-state index contributed by atoms with van der Waals surface area (Å²) in [6.07, 6.45) is 0.323. The van der Waals surface area contributed by atoms with E-state index in [0.717, 1.165) is 23.1 Å². The second-order valence-corrected chi connectivity index (χ2v) is 7.07. The van der Waals surface area contributed by atoms with E-state index in [1.54, 1.807) is 45.0 Å². The van der Waals surface area contributed by atoms with Crippen LogP contribution in [0.25, 0.3) is 0 Å². The van der Waals surface area contributed by atoms with E-state index in [-0.39, 0.29) is 6.42 Å². The zero-order chi connectivity index (χ0) is 18.2. The number of amides is 1. The van der Waals surface area contributed by atoms with Crippen LogP contribution in [0.3, 0.4) is 0 Å². The predicted octanol–water partition coefficient (Wildman–Crippen LogP) is 3.37. The van der Waals surface area contributed by atoms with Crippen LogP contribution in [0.15, 0.2) is 24.3 Å². The fraction of sp³-hybridized carbons (Fsp3) is 0.529. The topological polar surface area (TPSA) is 84.9 Å². The zero-order valence-electron chi connectivity index (χ0n) is 14.2. The highest BCUT2D eigenvalue weighted by Gasteiger charge is 2.24. The SMILES string of the molecule is CC(C)(C)OC(=O)N[C@@H](Cc1ccc(OCCCBr)cc1)C(=O)O. The Kier molecular flexibility index (Phi) is 8.04. The van der Waals surface area contributed by atoms with Crippen molar-refractivity contribution in [2.45, 2.75) is 45.3 Å². The maximum absolute atomic E-state index is 11.7. The molecule has 1 amide bonds. The van der Waals surface area contributed by atoms with Crippen LogP contribution in [-0.4, -0.2) is 40.7 Å². The first kappa shape index (κ1) is 20.3. The molecule has 0 radical (unpaired) electrons. The number of rotatable bonds is 8. The Hall–Kier alpha value is -1.76. The fourth-order valence-corrected chi connectivity index (χ4v) is 2.08. The molecule has 24 heavy (non-hydrogen) atoms. The molecular formula is C17H24BrNO5. The molecule has 2 N–H and O–H groups in total. The summed E-state index contributed by atoms with van der Waals surface area (Å²) in [4.78, 5) is 23.1. The monoisotopic (exact) mass is 401 g/mol. The van der Waals surface area contributed by atoms with E-state index in [1.807, 2.05) is 0 Å². The number of alkyl carbamates (subject to hydrolysis) is 1. The van der Waals surface area contributed by atoms with Crippen molar-refractivity contribution in [3.05, 3.63) is 29.8 Å². The average molecular weight is 402 g/mol. The molecule has 0 aliphatic heterocycles. The first-order chi connectivity index (χ1) is 11.2. The first-order valence-corrected chi connectivity index (χ1v) is 8.83. The summed E-state index contributed by atoms with van der Waals surface area (Å²) in [5, 5.41) is 12.5. The summed E-state index contributed by atoms with van der Waals surface area (Å²) in [5.74, 6) is -0.384. The van der Waals surface area contributed by atoms with E-state index < -0.39 is 23.7 Å². The van der Waals surface area contributed by atoms with Crippen LogP contribution in [0.2, 0.25) is 0 Å². The Labute approximate surface area is 150 Å². The zero-order valence-corrected chi connectivity index (χ0v) is 15.8. The van der Waals surface area contributed by atoms with Crippen LogP contribution in [0.1, 0.15) is 32.8 Å². The Bertz CT molecular complexity index is 539. The first-order valence-electron chi connectivity index (χ1n) is 7.71. The van der Waals surface area contributed by atoms with Gasteiger partial charge in [0.25, 0.3) is 0 Å². The number of aliphatic carboxylic acids is 1. The van der Waals surface area contributed by atoms with Crippen LogP contribution in [0.5, 0.6) is 5.75 Å². The Morgan fingerprint density at radius 3 is 2.38 bits per heavy atom. The van der Waals surface area contributed by atoms with Gasteiger partial charge in [0.15, 0.2) is 0 Å². The minimum atomic E-state index is -1.11. The number of carbonyl (C=O) groups is 2. The van der Waals surface area contributed by atoms with Crippen molar-refractivity contribution in [1.82, 2.24) is 5.32 Å². The summed E-state index contributed by atoms with van der Waals surface area (Å²) >= 11 is 3.33. The molecular weight excluding hydrogens is 378 g/mol. The van der Waals surface area contributed by atoms with Gasteiger partial charge in [0.1, 0.15) is 17.4 Å². The number of benzene rings is 1. The van der Waals surface area contributed by atoms with Gasteiger partial charge in [-0.15, -0.1) is 0 Å². The van der Waals surface area contributed by atoms with E-state index in [4.69, 9.17) is 9.47 Å². The molecule has 0 aromatic heterocycles. The molecule has 1 atom stereocenters. The lowest BCUT2D eigenvalue weighted by Gasteiger charge is -2.22. The largest absolute Gasteiger partial charge is 0.494 e. The van der Waals surface area contributed by atoms with Crippen molar-refractivity contribution in [3.63, 3.8) is 0 Å². The second kappa shape index (κ2) is 9.52. The van der Waals surface area contributed by atoms with Gasteiger partial charge in [0, 0.05) is 11.8 Å². The third-order valence-corrected chi connectivity index (χ3v) is 3.46. The summed E-state index contributed by atoms with van der Waals surface area (Å²) in [6, 6.07) is 6.10. The van der Waals surface area contributed by atoms with Crippen molar-refractivity contribution in [2.24, 2.45) is 0 Å². The number of carbonyl (C=O) groups excluding carboxylic acids is 1. The molecule has 1 aromatic rings. The molecule has 7 heteroatoms. The summed E-state index contributed by atoms with van der Waals surface area (Å²) in [6.45, 7) is 5.77. The van der Waals surface area contributed by atoms with Crippen molar-refractivity contribution in [1.29, 1.82) is 0 Å². The molecule has 1 rings (SSSR count). The molecule has 1 aromatic carbocycles. The van der Waals surface area contributed by atoms with Crippen LogP contribution in [-0.2, 0) is 16.0 Å². The van der Waals surface area contributed by atoms with Gasteiger partial charge in [-0.2, -0.15) is 0 Å². The highest BCUT2D eigenvalue weighted by molar-refractivity contribution is 9.09. The maximum atomic E-state index is 11.7. The van der Waals surface area contributed by atoms with Gasteiger partial charge >= 0.3 is 12.1 Å². The molecule has 0 aliphatic rings. The minimum absolute atomic E-state index is 0.163. The number of carboxylic acid groups (broad SMARTS) is 1. The highest BCUT2D eigenvalue weighted by atomic mass is 79.9. The predicted molar refractivity (Wildman–Crippen MR) is 94.8 cm³/mol. The molecule has 0 aliphatic carbocycles. The summed E-state index contributed by atoms with van der Waals surface area (Å²) in [5.41, 5.74) is 0.104. The van der Waals surface area contributed by atoms with Gasteiger partial charge in [0.2, 0.25) is 0 Å². The van der Waals surface area contributed by atoms with Crippen LogP contribution >= 0.6 is 15.9 Å². The van der Waals surface area contributed by atoms with Gasteiger partial charge < -0.3 is 19.9 Å². The summed E-state index contributed by atoms with van der Waals surface area (Å²) < 4.78 is 10.6. The van der Waals surface area contributed by atoms with E-state index in [2.05, 4.69) is 21.2 Å². The third-order valence-electron chi connectivity index (χ3n) is 2.90. The molecule has 0 heterocycles. The number of ether oxygens (including phenoxy) is 2. The average Bonchev–Trinajstić information content (AvgIpc) is 2.46. The van der Waals surface area contributed by atoms with Crippen LogP contribution in [0.4, 0.5) is 4.79 Å². The van der Waals surface area contributed by atoms with Gasteiger partial charge in [-0.05, 0) is 44.9 Å². The van der Waals surface area contributed by atoms with Crippen molar-refractivity contribution >= 4 is 28.0 Å². The lowest BCUT2D eigenvalue weighted by atomic mass is 10.1. The van der Waals surface area contributed by atoms with Crippen LogP contribution in [0, 0.1) is 0 Å². The van der Waals surface area contributed by atoms with Crippen molar-refractivity contribution < 1.29 is 24.2 Å². The molecule has 6 nitrogen and oxygen atoms in total. The van der Waals surface area contributed by atoms with E-state index >= 15 is 0 Å². The minimum Gasteiger partial charge on any atom is -0.494 e. The second-order valence-electron chi connectivity index (χ2n) is 6.28. The van der Waals surface area contributed by atoms with Gasteiger partial charge in [0.05, 0.1) is 6.61 Å². The van der Waals surface area contributed by atoms with Crippen molar-refractivity contribution in [3.8, 4) is 5.75 Å². The van der Waals surface area contributed by atoms with E-state index in [0.29, 0.717) is 6.61 Å². The maximum Gasteiger partial charge on any atom is 0.408 e. The highest BCUT2D eigenvalue weighted by Crippen LogP contribution is 2.14. The standard InChI is InChI=1S/C17H24BrNO5/c1-17(2,3)24-16(22)19-14(15(20)21)11-12-5-7-13(8-6-12)23-10-4-9-18/h5-8,14H,4,9-11H2,1-3H3,(H,19,22)(H,20,21)/t14-/m0/s1. The van der Waals surface area contributed by atoms with Gasteiger partial charge in [-0.25, -0.2) is 9.59 Å². The Morgan fingerprint density at radius 1 is 1.25 bits per heavy atom. The molecule has 0 unspecified atom stereocenters. The third kappa shape index (κ3) is 8.19. The van der Waals surface area contributed by atoms with Gasteiger partial charge in [-0.3, -0.25) is 0 Å².